The van der Waals surface area contributed by atoms with Crippen LogP contribution in [-0.4, -0.2) is 12.6 Å². The van der Waals surface area contributed by atoms with E-state index in [0.717, 1.165) is 12.8 Å². The fourth-order valence-electron chi connectivity index (χ4n) is 3.28. The van der Waals surface area contributed by atoms with Gasteiger partial charge in [-0.1, -0.05) is 90.2 Å². The maximum Gasteiger partial charge on any atom is 0.341 e. The second kappa shape index (κ2) is 14.8. The molecule has 148 valence electrons. The molecule has 0 aliphatic heterocycles. The molecule has 1 unspecified atom stereocenters. The van der Waals surface area contributed by atoms with Gasteiger partial charge in [0.05, 0.1) is 12.2 Å². The molecule has 0 spiro atoms. The average molecular weight is 365 g/mol. The van der Waals surface area contributed by atoms with Gasteiger partial charge in [0.1, 0.15) is 5.82 Å². The van der Waals surface area contributed by atoms with Crippen molar-refractivity contribution >= 4 is 5.97 Å². The van der Waals surface area contributed by atoms with Gasteiger partial charge < -0.3 is 4.74 Å². The second-order valence-corrected chi connectivity index (χ2v) is 7.35. The Bertz CT molecular complexity index is 487. The van der Waals surface area contributed by atoms with Crippen LogP contribution in [0.1, 0.15) is 101 Å². The standard InChI is InChI=1S/C23H37FO2/c1-3-5-7-9-10-12-16-20(15-11-8-6-4-2)19-26-23(25)21-17-13-14-18-22(21)24/h13-14,17-18,20H,3-12,15-16,19H2,1-2H3. The summed E-state index contributed by atoms with van der Waals surface area (Å²) in [4.78, 5) is 12.1. The van der Waals surface area contributed by atoms with Crippen molar-refractivity contribution in [3.8, 4) is 0 Å². The number of benzene rings is 1. The monoisotopic (exact) mass is 364 g/mol. The molecule has 3 heteroatoms. The summed E-state index contributed by atoms with van der Waals surface area (Å²) >= 11 is 0. The van der Waals surface area contributed by atoms with Crippen LogP contribution in [0.2, 0.25) is 0 Å². The van der Waals surface area contributed by atoms with E-state index >= 15 is 0 Å². The van der Waals surface area contributed by atoms with Gasteiger partial charge in [-0.3, -0.25) is 0 Å². The summed E-state index contributed by atoms with van der Waals surface area (Å²) in [5, 5.41) is 0. The highest BCUT2D eigenvalue weighted by atomic mass is 19.1. The van der Waals surface area contributed by atoms with Crippen LogP contribution in [0, 0.1) is 11.7 Å². The highest BCUT2D eigenvalue weighted by molar-refractivity contribution is 5.89. The first-order valence-electron chi connectivity index (χ1n) is 10.6. The fraction of sp³-hybridized carbons (Fsp3) is 0.696. The molecule has 0 saturated carbocycles. The van der Waals surface area contributed by atoms with Gasteiger partial charge in [0.25, 0.3) is 0 Å². The number of hydrogen-bond acceptors (Lipinski definition) is 2. The van der Waals surface area contributed by atoms with Crippen LogP contribution in [0.3, 0.4) is 0 Å². The van der Waals surface area contributed by atoms with Crippen molar-refractivity contribution in [1.82, 2.24) is 0 Å². The molecular formula is C23H37FO2. The average Bonchev–Trinajstić information content (AvgIpc) is 2.65. The summed E-state index contributed by atoms with van der Waals surface area (Å²) in [6.45, 7) is 4.86. The molecule has 0 aliphatic rings. The third-order valence-corrected chi connectivity index (χ3v) is 4.98. The Labute approximate surface area is 159 Å². The lowest BCUT2D eigenvalue weighted by molar-refractivity contribution is 0.0417. The normalized spacial score (nSPS) is 12.1. The van der Waals surface area contributed by atoms with Crippen LogP contribution >= 0.6 is 0 Å². The molecule has 2 nitrogen and oxygen atoms in total. The van der Waals surface area contributed by atoms with Crippen LogP contribution in [0.15, 0.2) is 24.3 Å². The van der Waals surface area contributed by atoms with Gasteiger partial charge in [-0.25, -0.2) is 9.18 Å². The van der Waals surface area contributed by atoms with E-state index in [9.17, 15) is 9.18 Å². The van der Waals surface area contributed by atoms with Gasteiger partial charge >= 0.3 is 5.97 Å². The summed E-state index contributed by atoms with van der Waals surface area (Å²) in [7, 11) is 0. The number of esters is 1. The Hall–Kier alpha value is -1.38. The third kappa shape index (κ3) is 9.94. The highest BCUT2D eigenvalue weighted by Crippen LogP contribution is 2.20. The Morgan fingerprint density at radius 2 is 1.42 bits per heavy atom. The van der Waals surface area contributed by atoms with E-state index in [1.165, 1.54) is 76.3 Å². The predicted octanol–water partition coefficient (Wildman–Crippen LogP) is 7.32. The van der Waals surface area contributed by atoms with E-state index in [0.29, 0.717) is 12.5 Å². The number of hydrogen-bond donors (Lipinski definition) is 0. The van der Waals surface area contributed by atoms with Crippen molar-refractivity contribution < 1.29 is 13.9 Å². The summed E-state index contributed by atoms with van der Waals surface area (Å²) in [6, 6.07) is 6.04. The van der Waals surface area contributed by atoms with Crippen LogP contribution in [-0.2, 0) is 4.74 Å². The van der Waals surface area contributed by atoms with Crippen molar-refractivity contribution in [2.75, 3.05) is 6.61 Å². The Morgan fingerprint density at radius 3 is 2.04 bits per heavy atom. The quantitative estimate of drug-likeness (QED) is 0.241. The molecule has 0 radical (unpaired) electrons. The molecule has 0 heterocycles. The number of ether oxygens (including phenoxy) is 1. The van der Waals surface area contributed by atoms with E-state index in [1.54, 1.807) is 12.1 Å². The zero-order valence-electron chi connectivity index (χ0n) is 16.8. The largest absolute Gasteiger partial charge is 0.462 e. The molecule has 0 bridgehead atoms. The van der Waals surface area contributed by atoms with E-state index in [-0.39, 0.29) is 5.56 Å². The van der Waals surface area contributed by atoms with Crippen molar-refractivity contribution in [3.63, 3.8) is 0 Å². The second-order valence-electron chi connectivity index (χ2n) is 7.35. The summed E-state index contributed by atoms with van der Waals surface area (Å²) in [6.07, 6.45) is 14.8. The number of carbonyl (C=O) groups excluding carboxylic acids is 1. The molecule has 1 aromatic carbocycles. The van der Waals surface area contributed by atoms with Crippen molar-refractivity contribution in [2.24, 2.45) is 5.92 Å². The predicted molar refractivity (Wildman–Crippen MR) is 107 cm³/mol. The summed E-state index contributed by atoms with van der Waals surface area (Å²) in [5.74, 6) is -0.647. The molecular weight excluding hydrogens is 327 g/mol. The Kier molecular flexibility index (Phi) is 12.9. The van der Waals surface area contributed by atoms with Gasteiger partial charge in [0.15, 0.2) is 0 Å². The van der Waals surface area contributed by atoms with Crippen molar-refractivity contribution in [3.05, 3.63) is 35.6 Å². The SMILES string of the molecule is CCCCCCCCC(CCCCCC)COC(=O)c1ccccc1F. The molecule has 0 amide bonds. The number of rotatable bonds is 15. The van der Waals surface area contributed by atoms with Crippen LogP contribution in [0.4, 0.5) is 4.39 Å². The van der Waals surface area contributed by atoms with E-state index in [4.69, 9.17) is 4.74 Å². The fourth-order valence-corrected chi connectivity index (χ4v) is 3.28. The maximum absolute atomic E-state index is 13.7. The van der Waals surface area contributed by atoms with Crippen LogP contribution < -0.4 is 0 Å². The molecule has 26 heavy (non-hydrogen) atoms. The van der Waals surface area contributed by atoms with E-state index in [1.807, 2.05) is 0 Å². The van der Waals surface area contributed by atoms with Gasteiger partial charge in [-0.15, -0.1) is 0 Å². The lowest BCUT2D eigenvalue weighted by atomic mass is 9.95. The molecule has 0 N–H and O–H groups in total. The molecule has 1 atom stereocenters. The summed E-state index contributed by atoms with van der Waals surface area (Å²) < 4.78 is 19.1. The zero-order valence-corrected chi connectivity index (χ0v) is 16.8. The number of unbranched alkanes of at least 4 members (excludes halogenated alkanes) is 8. The molecule has 0 saturated heterocycles. The first-order chi connectivity index (χ1) is 12.7. The molecule has 1 aromatic rings. The molecule has 0 aromatic heterocycles. The first-order valence-corrected chi connectivity index (χ1v) is 10.6. The Morgan fingerprint density at radius 1 is 0.885 bits per heavy atom. The van der Waals surface area contributed by atoms with Gasteiger partial charge in [0.2, 0.25) is 0 Å². The lowest BCUT2D eigenvalue weighted by Crippen LogP contribution is -2.15. The highest BCUT2D eigenvalue weighted by Gasteiger charge is 2.16. The minimum absolute atomic E-state index is 0.0387. The first kappa shape index (κ1) is 22.7. The topological polar surface area (TPSA) is 26.3 Å². The minimum atomic E-state index is -0.537. The zero-order chi connectivity index (χ0) is 19.0. The van der Waals surface area contributed by atoms with Crippen molar-refractivity contribution in [2.45, 2.75) is 90.9 Å². The van der Waals surface area contributed by atoms with E-state index in [2.05, 4.69) is 13.8 Å². The molecule has 0 aliphatic carbocycles. The van der Waals surface area contributed by atoms with Crippen molar-refractivity contribution in [1.29, 1.82) is 0 Å². The number of halogens is 1. The third-order valence-electron chi connectivity index (χ3n) is 4.98. The van der Waals surface area contributed by atoms with Gasteiger partial charge in [-0.2, -0.15) is 0 Å². The minimum Gasteiger partial charge on any atom is -0.462 e. The van der Waals surface area contributed by atoms with E-state index < -0.39 is 11.8 Å². The van der Waals surface area contributed by atoms with Gasteiger partial charge in [-0.05, 0) is 30.9 Å². The summed E-state index contributed by atoms with van der Waals surface area (Å²) in [5.41, 5.74) is 0.0387. The lowest BCUT2D eigenvalue weighted by Gasteiger charge is -2.17. The maximum atomic E-state index is 13.7. The number of carbonyl (C=O) groups is 1. The molecule has 0 fully saturated rings. The van der Waals surface area contributed by atoms with Crippen LogP contribution in [0.25, 0.3) is 0 Å². The van der Waals surface area contributed by atoms with Crippen LogP contribution in [0.5, 0.6) is 0 Å². The Balaban J connectivity index is 2.39. The smallest absolute Gasteiger partial charge is 0.341 e. The van der Waals surface area contributed by atoms with Gasteiger partial charge in [0, 0.05) is 0 Å². The molecule has 1 rings (SSSR count).